The Bertz CT molecular complexity index is 747. The van der Waals surface area contributed by atoms with Crippen LogP contribution in [0.25, 0.3) is 0 Å². The van der Waals surface area contributed by atoms with E-state index in [2.05, 4.69) is 15.4 Å². The van der Waals surface area contributed by atoms with Gasteiger partial charge in [-0.1, -0.05) is 26.0 Å². The Morgan fingerprint density at radius 3 is 2.46 bits per heavy atom. The van der Waals surface area contributed by atoms with Crippen LogP contribution in [0.2, 0.25) is 0 Å². The molecule has 24 heavy (non-hydrogen) atoms. The average molecular weight is 328 g/mol. The molecule has 1 heterocycles. The van der Waals surface area contributed by atoms with Crippen molar-refractivity contribution in [1.82, 2.24) is 10.6 Å². The van der Waals surface area contributed by atoms with Crippen LogP contribution in [0, 0.1) is 5.41 Å². The molecule has 1 aliphatic heterocycles. The minimum absolute atomic E-state index is 0.0378. The number of hydrogen-bond acceptors (Lipinski definition) is 4. The number of benzene rings is 1. The van der Waals surface area contributed by atoms with E-state index in [-0.39, 0.29) is 17.2 Å². The monoisotopic (exact) mass is 328 g/mol. The molecule has 6 heteroatoms. The fourth-order valence-electron chi connectivity index (χ4n) is 3.34. The zero-order valence-electron chi connectivity index (χ0n) is 13.9. The van der Waals surface area contributed by atoms with E-state index in [1.54, 1.807) is 24.3 Å². The first-order valence-corrected chi connectivity index (χ1v) is 7.83. The molecule has 0 saturated heterocycles. The van der Waals surface area contributed by atoms with Gasteiger partial charge in [-0.2, -0.15) is 0 Å². The number of hydrogen-bond donors (Lipinski definition) is 2. The van der Waals surface area contributed by atoms with E-state index in [9.17, 15) is 14.4 Å². The number of ether oxygens (including phenoxy) is 1. The highest BCUT2D eigenvalue weighted by Gasteiger charge is 2.40. The molecular formula is C18H20N2O4. The summed E-state index contributed by atoms with van der Waals surface area (Å²) < 4.78 is 4.68. The Kier molecular flexibility index (Phi) is 3.91. The van der Waals surface area contributed by atoms with Crippen molar-refractivity contribution in [2.45, 2.75) is 32.7 Å². The number of urea groups is 1. The maximum Gasteiger partial charge on any atom is 0.337 e. The summed E-state index contributed by atoms with van der Waals surface area (Å²) in [7, 11) is 1.32. The first-order chi connectivity index (χ1) is 11.3. The van der Waals surface area contributed by atoms with Crippen molar-refractivity contribution in [3.8, 4) is 0 Å². The average Bonchev–Trinajstić information content (AvgIpc) is 2.51. The second-order valence-electron chi connectivity index (χ2n) is 6.98. The van der Waals surface area contributed by atoms with Gasteiger partial charge >= 0.3 is 12.0 Å². The molecule has 1 aromatic rings. The van der Waals surface area contributed by atoms with Gasteiger partial charge in [0.15, 0.2) is 5.78 Å². The number of nitrogens with one attached hydrogen (secondary N) is 2. The Morgan fingerprint density at radius 1 is 1.17 bits per heavy atom. The summed E-state index contributed by atoms with van der Waals surface area (Å²) in [4.78, 5) is 36.2. The normalized spacial score (nSPS) is 22.4. The standard InChI is InChI=1S/C18H20N2O4/c1-18(2)8-12-14(13(21)9-18)15(20-17(23)19-12)10-4-6-11(7-5-10)16(22)24-3/h4-7,15H,8-9H2,1-3H3,(H2,19,20,23)/t15-/m0/s1. The van der Waals surface area contributed by atoms with Gasteiger partial charge in [-0.15, -0.1) is 0 Å². The van der Waals surface area contributed by atoms with E-state index in [1.807, 2.05) is 13.8 Å². The van der Waals surface area contributed by atoms with E-state index in [0.29, 0.717) is 29.7 Å². The molecule has 2 amide bonds. The SMILES string of the molecule is COC(=O)c1ccc([C@@H]2NC(=O)NC3=C2C(=O)CC(C)(C)C3)cc1. The van der Waals surface area contributed by atoms with Crippen molar-refractivity contribution in [3.05, 3.63) is 46.7 Å². The van der Waals surface area contributed by atoms with Crippen molar-refractivity contribution in [1.29, 1.82) is 0 Å². The Hall–Kier alpha value is -2.63. The first kappa shape index (κ1) is 16.2. The van der Waals surface area contributed by atoms with E-state index in [4.69, 9.17) is 0 Å². The van der Waals surface area contributed by atoms with Crippen LogP contribution in [0.3, 0.4) is 0 Å². The second-order valence-corrected chi connectivity index (χ2v) is 6.98. The number of carbonyl (C=O) groups excluding carboxylic acids is 3. The highest BCUT2D eigenvalue weighted by molar-refractivity contribution is 6.01. The fourth-order valence-corrected chi connectivity index (χ4v) is 3.34. The Morgan fingerprint density at radius 2 is 1.83 bits per heavy atom. The van der Waals surface area contributed by atoms with Gasteiger partial charge in [0.05, 0.1) is 18.7 Å². The van der Waals surface area contributed by atoms with Crippen LogP contribution in [-0.4, -0.2) is 24.9 Å². The lowest BCUT2D eigenvalue weighted by atomic mass is 9.73. The van der Waals surface area contributed by atoms with E-state index in [0.717, 1.165) is 5.56 Å². The molecule has 126 valence electrons. The molecule has 1 aliphatic carbocycles. The molecule has 1 aromatic carbocycles. The van der Waals surface area contributed by atoms with Crippen molar-refractivity contribution >= 4 is 17.8 Å². The van der Waals surface area contributed by atoms with Gasteiger partial charge in [0.1, 0.15) is 0 Å². The predicted molar refractivity (Wildman–Crippen MR) is 87.2 cm³/mol. The molecule has 6 nitrogen and oxygen atoms in total. The quantitative estimate of drug-likeness (QED) is 0.817. The Balaban J connectivity index is 1.99. The molecular weight excluding hydrogens is 308 g/mol. The summed E-state index contributed by atoms with van der Waals surface area (Å²) in [5.74, 6) is -0.387. The van der Waals surface area contributed by atoms with Crippen molar-refractivity contribution < 1.29 is 19.1 Å². The molecule has 0 saturated carbocycles. The summed E-state index contributed by atoms with van der Waals surface area (Å²) in [6.45, 7) is 4.03. The molecule has 0 unspecified atom stereocenters. The third-order valence-electron chi connectivity index (χ3n) is 4.41. The molecule has 0 radical (unpaired) electrons. The third-order valence-corrected chi connectivity index (χ3v) is 4.41. The summed E-state index contributed by atoms with van der Waals surface area (Å²) in [5.41, 5.74) is 2.33. The highest BCUT2D eigenvalue weighted by Crippen LogP contribution is 2.41. The molecule has 0 bridgehead atoms. The lowest BCUT2D eigenvalue weighted by Crippen LogP contribution is -2.48. The van der Waals surface area contributed by atoms with E-state index in [1.165, 1.54) is 7.11 Å². The summed E-state index contributed by atoms with van der Waals surface area (Å²) in [6.07, 6.45) is 1.10. The van der Waals surface area contributed by atoms with Crippen LogP contribution in [0.15, 0.2) is 35.5 Å². The second kappa shape index (κ2) is 5.78. The number of esters is 1. The minimum Gasteiger partial charge on any atom is -0.465 e. The van der Waals surface area contributed by atoms with Crippen molar-refractivity contribution in [2.24, 2.45) is 5.41 Å². The van der Waals surface area contributed by atoms with Gasteiger partial charge in [0, 0.05) is 17.7 Å². The smallest absolute Gasteiger partial charge is 0.337 e. The van der Waals surface area contributed by atoms with Crippen molar-refractivity contribution in [2.75, 3.05) is 7.11 Å². The lowest BCUT2D eigenvalue weighted by molar-refractivity contribution is -0.118. The highest BCUT2D eigenvalue weighted by atomic mass is 16.5. The zero-order chi connectivity index (χ0) is 17.5. The number of ketones is 1. The van der Waals surface area contributed by atoms with Crippen LogP contribution >= 0.6 is 0 Å². The van der Waals surface area contributed by atoms with Crippen LogP contribution in [-0.2, 0) is 9.53 Å². The fraction of sp³-hybridized carbons (Fsp3) is 0.389. The molecule has 0 aromatic heterocycles. The summed E-state index contributed by atoms with van der Waals surface area (Å²) >= 11 is 0. The van der Waals surface area contributed by atoms with Gasteiger partial charge in [0.25, 0.3) is 0 Å². The maximum absolute atomic E-state index is 12.6. The third kappa shape index (κ3) is 2.91. The zero-order valence-corrected chi connectivity index (χ0v) is 13.9. The van der Waals surface area contributed by atoms with Crippen LogP contribution < -0.4 is 10.6 Å². The topological polar surface area (TPSA) is 84.5 Å². The molecule has 3 rings (SSSR count). The van der Waals surface area contributed by atoms with Crippen LogP contribution in [0.4, 0.5) is 4.79 Å². The van der Waals surface area contributed by atoms with Crippen LogP contribution in [0.1, 0.15) is 48.7 Å². The molecule has 1 atom stereocenters. The van der Waals surface area contributed by atoms with Gasteiger partial charge < -0.3 is 15.4 Å². The number of carbonyl (C=O) groups is 3. The number of Topliss-reactive ketones (excluding diaryl/α,β-unsaturated/α-hetero) is 1. The summed E-state index contributed by atoms with van der Waals surface area (Å²) in [5, 5.41) is 5.58. The van der Waals surface area contributed by atoms with Crippen molar-refractivity contribution in [3.63, 3.8) is 0 Å². The maximum atomic E-state index is 12.6. The molecule has 2 aliphatic rings. The lowest BCUT2D eigenvalue weighted by Gasteiger charge is -2.38. The minimum atomic E-state index is -0.496. The first-order valence-electron chi connectivity index (χ1n) is 7.83. The van der Waals surface area contributed by atoms with Crippen LogP contribution in [0.5, 0.6) is 0 Å². The largest absolute Gasteiger partial charge is 0.465 e. The van der Waals surface area contributed by atoms with Gasteiger partial charge in [-0.05, 0) is 29.5 Å². The van der Waals surface area contributed by atoms with Gasteiger partial charge in [-0.25, -0.2) is 9.59 Å². The van der Waals surface area contributed by atoms with E-state index < -0.39 is 12.0 Å². The predicted octanol–water partition coefficient (Wildman–Crippen LogP) is 2.47. The molecule has 0 fully saturated rings. The number of methoxy groups -OCH3 is 1. The Labute approximate surface area is 140 Å². The van der Waals surface area contributed by atoms with Gasteiger partial charge in [0.2, 0.25) is 0 Å². The van der Waals surface area contributed by atoms with Gasteiger partial charge in [-0.3, -0.25) is 4.79 Å². The molecule has 0 spiro atoms. The van der Waals surface area contributed by atoms with E-state index >= 15 is 0 Å². The number of amides is 2. The summed E-state index contributed by atoms with van der Waals surface area (Å²) in [6, 6.07) is 5.92. The molecule has 2 N–H and O–H groups in total. The number of rotatable bonds is 2. The number of allylic oxidation sites excluding steroid dienone is 1.